The average molecular weight is 470 g/mol. The normalized spacial score (nSPS) is 11.4. The molecule has 0 unspecified atom stereocenters. The van der Waals surface area contributed by atoms with Gasteiger partial charge in [-0.05, 0) is 77.3 Å². The number of carbonyl (C=O) groups excluding carboxylic acids is 3. The van der Waals surface area contributed by atoms with Crippen LogP contribution in [0, 0.1) is 0 Å². The first kappa shape index (κ1) is 26.7. The van der Waals surface area contributed by atoms with Gasteiger partial charge in [-0.2, -0.15) is 0 Å². The predicted molar refractivity (Wildman–Crippen MR) is 132 cm³/mol. The monoisotopic (exact) mass is 469 g/mol. The van der Waals surface area contributed by atoms with Crippen molar-refractivity contribution in [2.75, 3.05) is 11.9 Å². The SMILES string of the molecule is CC(C)(C)OC(=O)NCCc1ccc(NC(=O)c2ccccc2CNC(=O)OC(C)(C)C)cc1. The summed E-state index contributed by atoms with van der Waals surface area (Å²) in [6, 6.07) is 14.5. The van der Waals surface area contributed by atoms with Gasteiger partial charge in [0.2, 0.25) is 0 Å². The molecule has 184 valence electrons. The summed E-state index contributed by atoms with van der Waals surface area (Å²) < 4.78 is 10.5. The number of hydrogen-bond acceptors (Lipinski definition) is 5. The van der Waals surface area contributed by atoms with E-state index in [0.717, 1.165) is 5.56 Å². The van der Waals surface area contributed by atoms with Crippen molar-refractivity contribution in [1.82, 2.24) is 10.6 Å². The highest BCUT2D eigenvalue weighted by molar-refractivity contribution is 6.05. The van der Waals surface area contributed by atoms with Crippen LogP contribution < -0.4 is 16.0 Å². The fourth-order valence-electron chi connectivity index (χ4n) is 2.95. The van der Waals surface area contributed by atoms with Crippen molar-refractivity contribution in [2.24, 2.45) is 0 Å². The number of nitrogens with one attached hydrogen (secondary N) is 3. The summed E-state index contributed by atoms with van der Waals surface area (Å²) in [6.45, 7) is 11.4. The molecule has 8 heteroatoms. The minimum absolute atomic E-state index is 0.169. The molecule has 0 aliphatic carbocycles. The van der Waals surface area contributed by atoms with Crippen LogP contribution in [0.1, 0.15) is 63.0 Å². The Kier molecular flexibility index (Phi) is 9.06. The molecule has 0 atom stereocenters. The molecule has 0 bridgehead atoms. The van der Waals surface area contributed by atoms with Crippen LogP contribution >= 0.6 is 0 Å². The zero-order chi connectivity index (χ0) is 25.4. The van der Waals surface area contributed by atoms with E-state index in [1.54, 1.807) is 39.0 Å². The maximum Gasteiger partial charge on any atom is 0.407 e. The van der Waals surface area contributed by atoms with Crippen molar-refractivity contribution in [3.8, 4) is 0 Å². The first-order valence-electron chi connectivity index (χ1n) is 11.2. The Bertz CT molecular complexity index is 989. The van der Waals surface area contributed by atoms with Crippen LogP contribution in [-0.2, 0) is 22.4 Å². The third-order valence-corrected chi connectivity index (χ3v) is 4.38. The Morgan fingerprint density at radius 1 is 0.765 bits per heavy atom. The highest BCUT2D eigenvalue weighted by Crippen LogP contribution is 2.15. The smallest absolute Gasteiger partial charge is 0.407 e. The maximum atomic E-state index is 12.8. The lowest BCUT2D eigenvalue weighted by molar-refractivity contribution is 0.0514. The lowest BCUT2D eigenvalue weighted by Crippen LogP contribution is -2.33. The second-order valence-electron chi connectivity index (χ2n) is 9.84. The largest absolute Gasteiger partial charge is 0.444 e. The molecule has 2 rings (SSSR count). The maximum absolute atomic E-state index is 12.8. The van der Waals surface area contributed by atoms with Gasteiger partial charge in [-0.1, -0.05) is 30.3 Å². The average Bonchev–Trinajstić information content (AvgIpc) is 2.71. The standard InChI is InChI=1S/C26H35N3O5/c1-25(2,3)33-23(31)27-16-15-18-11-13-20(14-12-18)29-22(30)21-10-8-7-9-19(21)17-28-24(32)34-26(4,5)6/h7-14H,15-17H2,1-6H3,(H,27,31)(H,28,32)(H,29,30). The lowest BCUT2D eigenvalue weighted by Gasteiger charge is -2.20. The first-order valence-corrected chi connectivity index (χ1v) is 11.2. The minimum Gasteiger partial charge on any atom is -0.444 e. The number of amides is 3. The molecule has 0 fully saturated rings. The quantitative estimate of drug-likeness (QED) is 0.527. The van der Waals surface area contributed by atoms with Gasteiger partial charge in [-0.3, -0.25) is 4.79 Å². The summed E-state index contributed by atoms with van der Waals surface area (Å²) in [5, 5.41) is 8.29. The van der Waals surface area contributed by atoms with Crippen LogP contribution in [0.5, 0.6) is 0 Å². The van der Waals surface area contributed by atoms with Gasteiger partial charge in [0.15, 0.2) is 0 Å². The van der Waals surface area contributed by atoms with Gasteiger partial charge in [-0.25, -0.2) is 9.59 Å². The molecule has 3 N–H and O–H groups in total. The molecule has 2 aromatic rings. The molecule has 0 aliphatic heterocycles. The highest BCUT2D eigenvalue weighted by Gasteiger charge is 2.18. The number of benzene rings is 2. The van der Waals surface area contributed by atoms with Crippen molar-refractivity contribution in [3.63, 3.8) is 0 Å². The van der Waals surface area contributed by atoms with Gasteiger partial charge in [0.05, 0.1) is 0 Å². The molecule has 0 spiro atoms. The van der Waals surface area contributed by atoms with Crippen molar-refractivity contribution < 1.29 is 23.9 Å². The van der Waals surface area contributed by atoms with Gasteiger partial charge in [0.25, 0.3) is 5.91 Å². The van der Waals surface area contributed by atoms with E-state index in [4.69, 9.17) is 9.47 Å². The van der Waals surface area contributed by atoms with E-state index >= 15 is 0 Å². The molecule has 0 aliphatic rings. The Balaban J connectivity index is 1.90. The molecular formula is C26H35N3O5. The van der Waals surface area contributed by atoms with Gasteiger partial charge in [-0.15, -0.1) is 0 Å². The predicted octanol–water partition coefficient (Wildman–Crippen LogP) is 5.03. The van der Waals surface area contributed by atoms with Gasteiger partial charge in [0, 0.05) is 24.3 Å². The Labute approximate surface area is 201 Å². The summed E-state index contributed by atoms with van der Waals surface area (Å²) >= 11 is 0. The molecule has 34 heavy (non-hydrogen) atoms. The van der Waals surface area contributed by atoms with E-state index in [2.05, 4.69) is 16.0 Å². The molecule has 0 heterocycles. The van der Waals surface area contributed by atoms with E-state index in [1.165, 1.54) is 0 Å². The molecule has 0 radical (unpaired) electrons. The Hall–Kier alpha value is -3.55. The number of ether oxygens (including phenoxy) is 2. The summed E-state index contributed by atoms with van der Waals surface area (Å²) in [5.41, 5.74) is 1.66. The molecular weight excluding hydrogens is 434 g/mol. The van der Waals surface area contributed by atoms with Crippen LogP contribution in [0.2, 0.25) is 0 Å². The number of rotatable bonds is 7. The second kappa shape index (κ2) is 11.5. The minimum atomic E-state index is -0.598. The molecule has 2 aromatic carbocycles. The first-order chi connectivity index (χ1) is 15.8. The van der Waals surface area contributed by atoms with Crippen LogP contribution in [0.3, 0.4) is 0 Å². The van der Waals surface area contributed by atoms with Crippen molar-refractivity contribution >= 4 is 23.8 Å². The van der Waals surface area contributed by atoms with Crippen LogP contribution in [0.15, 0.2) is 48.5 Å². The van der Waals surface area contributed by atoms with Crippen molar-refractivity contribution in [1.29, 1.82) is 0 Å². The lowest BCUT2D eigenvalue weighted by atomic mass is 10.1. The van der Waals surface area contributed by atoms with Crippen LogP contribution in [-0.4, -0.2) is 35.8 Å². The van der Waals surface area contributed by atoms with Crippen LogP contribution in [0.25, 0.3) is 0 Å². The number of alkyl carbamates (subject to hydrolysis) is 2. The number of carbonyl (C=O) groups is 3. The Morgan fingerprint density at radius 3 is 1.91 bits per heavy atom. The third kappa shape index (κ3) is 9.94. The molecule has 0 saturated carbocycles. The zero-order valence-electron chi connectivity index (χ0n) is 20.8. The topological polar surface area (TPSA) is 106 Å². The second-order valence-corrected chi connectivity index (χ2v) is 9.84. The van der Waals surface area contributed by atoms with E-state index in [0.29, 0.717) is 29.8 Å². The van der Waals surface area contributed by atoms with Gasteiger partial charge in [0.1, 0.15) is 11.2 Å². The molecule has 8 nitrogen and oxygen atoms in total. The fraction of sp³-hybridized carbons (Fsp3) is 0.423. The van der Waals surface area contributed by atoms with E-state index < -0.39 is 23.4 Å². The summed E-state index contributed by atoms with van der Waals surface area (Å²) in [4.78, 5) is 36.5. The zero-order valence-corrected chi connectivity index (χ0v) is 20.8. The van der Waals surface area contributed by atoms with Gasteiger partial charge >= 0.3 is 12.2 Å². The van der Waals surface area contributed by atoms with E-state index in [9.17, 15) is 14.4 Å². The summed E-state index contributed by atoms with van der Waals surface area (Å²) in [5.74, 6) is -0.277. The van der Waals surface area contributed by atoms with E-state index in [1.807, 2.05) is 51.1 Å². The molecule has 0 aromatic heterocycles. The highest BCUT2D eigenvalue weighted by atomic mass is 16.6. The molecule has 0 saturated heterocycles. The van der Waals surface area contributed by atoms with Crippen molar-refractivity contribution in [2.45, 2.75) is 65.7 Å². The van der Waals surface area contributed by atoms with Crippen molar-refractivity contribution in [3.05, 3.63) is 65.2 Å². The summed E-state index contributed by atoms with van der Waals surface area (Å²) in [6.07, 6.45) is -0.359. The fourth-order valence-corrected chi connectivity index (χ4v) is 2.95. The third-order valence-electron chi connectivity index (χ3n) is 4.38. The molecule has 3 amide bonds. The number of anilines is 1. The number of hydrogen-bond donors (Lipinski definition) is 3. The summed E-state index contributed by atoms with van der Waals surface area (Å²) in [7, 11) is 0. The van der Waals surface area contributed by atoms with Gasteiger partial charge < -0.3 is 25.4 Å². The Morgan fingerprint density at radius 2 is 1.32 bits per heavy atom. The van der Waals surface area contributed by atoms with E-state index in [-0.39, 0.29) is 12.5 Å². The van der Waals surface area contributed by atoms with Crippen LogP contribution in [0.4, 0.5) is 15.3 Å².